The van der Waals surface area contributed by atoms with Crippen LogP contribution in [0.4, 0.5) is 0 Å². The topological polar surface area (TPSA) is 49.4 Å². The van der Waals surface area contributed by atoms with Crippen LogP contribution in [0.15, 0.2) is 78.9 Å². The van der Waals surface area contributed by atoms with Gasteiger partial charge in [0.15, 0.2) is 0 Å². The molecule has 4 heteroatoms. The van der Waals surface area contributed by atoms with Crippen molar-refractivity contribution in [1.82, 2.24) is 10.2 Å². The predicted molar refractivity (Wildman–Crippen MR) is 128 cm³/mol. The lowest BCUT2D eigenvalue weighted by molar-refractivity contribution is -0.132. The Hall–Kier alpha value is -3.40. The number of hydrogen-bond acceptors (Lipinski definition) is 2. The smallest absolute Gasteiger partial charge is 0.251 e. The van der Waals surface area contributed by atoms with Crippen LogP contribution in [0, 0.1) is 13.8 Å². The van der Waals surface area contributed by atoms with Gasteiger partial charge in [-0.3, -0.25) is 9.59 Å². The molecule has 0 saturated carbocycles. The Morgan fingerprint density at radius 1 is 0.812 bits per heavy atom. The van der Waals surface area contributed by atoms with E-state index in [1.807, 2.05) is 97.6 Å². The van der Waals surface area contributed by atoms with Gasteiger partial charge in [0.2, 0.25) is 5.91 Å². The van der Waals surface area contributed by atoms with Crippen molar-refractivity contribution in [2.75, 3.05) is 13.1 Å². The SMILES string of the molecule is Cc1ccc(C(=O)NC2CCN(C(=O)C(c3ccccc3)c3ccccc3)CC2)cc1C. The molecule has 4 nitrogen and oxygen atoms in total. The molecule has 2 amide bonds. The van der Waals surface area contributed by atoms with Gasteiger partial charge in [0, 0.05) is 24.7 Å². The van der Waals surface area contributed by atoms with Gasteiger partial charge < -0.3 is 10.2 Å². The summed E-state index contributed by atoms with van der Waals surface area (Å²) < 4.78 is 0. The van der Waals surface area contributed by atoms with Crippen molar-refractivity contribution in [3.05, 3.63) is 107 Å². The lowest BCUT2D eigenvalue weighted by atomic mass is 9.89. The van der Waals surface area contributed by atoms with E-state index in [2.05, 4.69) is 5.32 Å². The van der Waals surface area contributed by atoms with Gasteiger partial charge in [0.25, 0.3) is 5.91 Å². The Morgan fingerprint density at radius 2 is 1.38 bits per heavy atom. The Labute approximate surface area is 190 Å². The second kappa shape index (κ2) is 9.82. The summed E-state index contributed by atoms with van der Waals surface area (Å²) in [6.07, 6.45) is 1.53. The summed E-state index contributed by atoms with van der Waals surface area (Å²) >= 11 is 0. The number of nitrogens with one attached hydrogen (secondary N) is 1. The lowest BCUT2D eigenvalue weighted by Crippen LogP contribution is -2.47. The van der Waals surface area contributed by atoms with Crippen LogP contribution in [-0.2, 0) is 4.79 Å². The fraction of sp³-hybridized carbons (Fsp3) is 0.286. The van der Waals surface area contributed by atoms with Crippen LogP contribution in [0.3, 0.4) is 0 Å². The number of benzene rings is 3. The van der Waals surface area contributed by atoms with Gasteiger partial charge in [-0.25, -0.2) is 0 Å². The molecular weight excluding hydrogens is 396 g/mol. The van der Waals surface area contributed by atoms with Gasteiger partial charge in [0.05, 0.1) is 5.92 Å². The number of nitrogens with zero attached hydrogens (tertiary/aromatic N) is 1. The number of piperidine rings is 1. The quantitative estimate of drug-likeness (QED) is 0.634. The summed E-state index contributed by atoms with van der Waals surface area (Å²) in [7, 11) is 0. The summed E-state index contributed by atoms with van der Waals surface area (Å²) in [5.74, 6) is -0.218. The number of rotatable bonds is 5. The molecule has 4 rings (SSSR count). The molecule has 0 radical (unpaired) electrons. The van der Waals surface area contributed by atoms with Gasteiger partial charge in [-0.2, -0.15) is 0 Å². The molecule has 0 atom stereocenters. The number of aryl methyl sites for hydroxylation is 2. The fourth-order valence-corrected chi connectivity index (χ4v) is 4.35. The van der Waals surface area contributed by atoms with Gasteiger partial charge in [-0.1, -0.05) is 66.7 Å². The van der Waals surface area contributed by atoms with Crippen LogP contribution >= 0.6 is 0 Å². The maximum atomic E-state index is 13.6. The molecule has 0 aliphatic carbocycles. The van der Waals surface area contributed by atoms with Crippen LogP contribution in [0.25, 0.3) is 0 Å². The minimum atomic E-state index is -0.306. The minimum Gasteiger partial charge on any atom is -0.349 e. The molecule has 164 valence electrons. The average Bonchev–Trinajstić information content (AvgIpc) is 2.83. The first-order chi connectivity index (χ1) is 15.5. The molecule has 3 aromatic carbocycles. The predicted octanol–water partition coefficient (Wildman–Crippen LogP) is 4.86. The van der Waals surface area contributed by atoms with Crippen molar-refractivity contribution in [1.29, 1.82) is 0 Å². The van der Waals surface area contributed by atoms with Crippen LogP contribution in [-0.4, -0.2) is 35.8 Å². The lowest BCUT2D eigenvalue weighted by Gasteiger charge is -2.35. The van der Waals surface area contributed by atoms with Crippen molar-refractivity contribution in [2.45, 2.75) is 38.6 Å². The van der Waals surface area contributed by atoms with Crippen LogP contribution in [0.1, 0.15) is 51.4 Å². The molecule has 0 bridgehead atoms. The molecule has 0 unspecified atom stereocenters. The first-order valence-corrected chi connectivity index (χ1v) is 11.3. The zero-order valence-corrected chi connectivity index (χ0v) is 18.8. The number of carbonyl (C=O) groups excluding carboxylic acids is 2. The number of likely N-dealkylation sites (tertiary alicyclic amines) is 1. The van der Waals surface area contributed by atoms with Crippen LogP contribution in [0.5, 0.6) is 0 Å². The number of hydrogen-bond donors (Lipinski definition) is 1. The maximum absolute atomic E-state index is 13.6. The second-order valence-corrected chi connectivity index (χ2v) is 8.63. The van der Waals surface area contributed by atoms with E-state index in [1.54, 1.807) is 0 Å². The van der Waals surface area contributed by atoms with E-state index in [9.17, 15) is 9.59 Å². The first-order valence-electron chi connectivity index (χ1n) is 11.3. The summed E-state index contributed by atoms with van der Waals surface area (Å²) in [5, 5.41) is 3.16. The Balaban J connectivity index is 1.41. The largest absolute Gasteiger partial charge is 0.349 e. The third-order valence-electron chi connectivity index (χ3n) is 6.42. The number of carbonyl (C=O) groups is 2. The summed E-state index contributed by atoms with van der Waals surface area (Å²) in [6.45, 7) is 5.35. The average molecular weight is 427 g/mol. The molecule has 1 aliphatic rings. The Kier molecular flexibility index (Phi) is 6.69. The van der Waals surface area contributed by atoms with Crippen molar-refractivity contribution in [3.8, 4) is 0 Å². The molecule has 1 aliphatic heterocycles. The molecule has 32 heavy (non-hydrogen) atoms. The molecule has 1 saturated heterocycles. The monoisotopic (exact) mass is 426 g/mol. The highest BCUT2D eigenvalue weighted by Crippen LogP contribution is 2.28. The van der Waals surface area contributed by atoms with E-state index in [1.165, 1.54) is 5.56 Å². The van der Waals surface area contributed by atoms with Gasteiger partial charge in [-0.05, 0) is 61.1 Å². The molecule has 3 aromatic rings. The molecule has 1 N–H and O–H groups in total. The van der Waals surface area contributed by atoms with E-state index in [4.69, 9.17) is 0 Å². The van der Waals surface area contributed by atoms with Gasteiger partial charge in [-0.15, -0.1) is 0 Å². The van der Waals surface area contributed by atoms with E-state index < -0.39 is 0 Å². The molecule has 0 spiro atoms. The van der Waals surface area contributed by atoms with Crippen LogP contribution in [0.2, 0.25) is 0 Å². The highest BCUT2D eigenvalue weighted by Gasteiger charge is 2.30. The van der Waals surface area contributed by atoms with E-state index >= 15 is 0 Å². The third-order valence-corrected chi connectivity index (χ3v) is 6.42. The fourth-order valence-electron chi connectivity index (χ4n) is 4.35. The summed E-state index contributed by atoms with van der Waals surface area (Å²) in [6, 6.07) is 25.8. The standard InChI is InChI=1S/C28H30N2O2/c1-20-13-14-24(19-21(20)2)27(31)29-25-15-17-30(18-16-25)28(32)26(22-9-5-3-6-10-22)23-11-7-4-8-12-23/h3-14,19,25-26H,15-18H2,1-2H3,(H,29,31). The van der Waals surface area contributed by atoms with E-state index in [-0.39, 0.29) is 23.8 Å². The van der Waals surface area contributed by atoms with Gasteiger partial charge >= 0.3 is 0 Å². The second-order valence-electron chi connectivity index (χ2n) is 8.63. The molecule has 1 fully saturated rings. The van der Waals surface area contributed by atoms with Crippen molar-refractivity contribution in [3.63, 3.8) is 0 Å². The molecule has 1 heterocycles. The first kappa shape index (κ1) is 21.8. The molecular formula is C28H30N2O2. The van der Waals surface area contributed by atoms with Crippen molar-refractivity contribution >= 4 is 11.8 Å². The highest BCUT2D eigenvalue weighted by molar-refractivity contribution is 5.94. The van der Waals surface area contributed by atoms with Crippen molar-refractivity contribution < 1.29 is 9.59 Å². The zero-order valence-electron chi connectivity index (χ0n) is 18.8. The zero-order chi connectivity index (χ0) is 22.5. The Bertz CT molecular complexity index is 1030. The third kappa shape index (κ3) is 4.91. The van der Waals surface area contributed by atoms with Gasteiger partial charge in [0.1, 0.15) is 0 Å². The minimum absolute atomic E-state index is 0.0377. The van der Waals surface area contributed by atoms with Crippen molar-refractivity contribution in [2.24, 2.45) is 0 Å². The number of amides is 2. The normalized spacial score (nSPS) is 14.4. The molecule has 0 aromatic heterocycles. The maximum Gasteiger partial charge on any atom is 0.251 e. The summed E-state index contributed by atoms with van der Waals surface area (Å²) in [5.41, 5.74) is 5.01. The Morgan fingerprint density at radius 3 is 1.91 bits per heavy atom. The van der Waals surface area contributed by atoms with E-state index in [0.717, 1.165) is 29.5 Å². The highest BCUT2D eigenvalue weighted by atomic mass is 16.2. The van der Waals surface area contributed by atoms with E-state index in [0.29, 0.717) is 18.7 Å². The van der Waals surface area contributed by atoms with Crippen LogP contribution < -0.4 is 5.32 Å². The summed E-state index contributed by atoms with van der Waals surface area (Å²) in [4.78, 5) is 28.2.